The second-order valence-electron chi connectivity index (χ2n) is 6.82. The fourth-order valence-corrected chi connectivity index (χ4v) is 3.08. The Kier molecular flexibility index (Phi) is 4.89. The van der Waals surface area contributed by atoms with Crippen LogP contribution >= 0.6 is 0 Å². The maximum Gasteiger partial charge on any atom is 0.251 e. The first-order valence-corrected chi connectivity index (χ1v) is 8.69. The van der Waals surface area contributed by atoms with Crippen LogP contribution in [0.15, 0.2) is 41.4 Å². The van der Waals surface area contributed by atoms with Gasteiger partial charge in [0.2, 0.25) is 0 Å². The second kappa shape index (κ2) is 7.12. The molecule has 0 saturated heterocycles. The van der Waals surface area contributed by atoms with Gasteiger partial charge in [0.15, 0.2) is 5.78 Å². The first-order valence-electron chi connectivity index (χ1n) is 8.69. The monoisotopic (exact) mass is 349 g/mol. The van der Waals surface area contributed by atoms with E-state index in [1.54, 1.807) is 18.2 Å². The summed E-state index contributed by atoms with van der Waals surface area (Å²) in [5, 5.41) is 6.41. The van der Waals surface area contributed by atoms with Crippen LogP contribution in [0.2, 0.25) is 0 Å². The van der Waals surface area contributed by atoms with Gasteiger partial charge in [0.05, 0.1) is 23.5 Å². The van der Waals surface area contributed by atoms with Gasteiger partial charge in [-0.25, -0.2) is 0 Å². The number of nitrogens with zero attached hydrogens (tertiary/aromatic N) is 1. The molecule has 2 unspecified atom stereocenters. The quantitative estimate of drug-likeness (QED) is 0.824. The van der Waals surface area contributed by atoms with Crippen molar-refractivity contribution in [3.8, 4) is 0 Å². The molecule has 134 valence electrons. The number of carbonyl (C=O) groups excluding carboxylic acids is 2. The summed E-state index contributed by atoms with van der Waals surface area (Å²) in [4.78, 5) is 28.6. The van der Waals surface area contributed by atoms with Crippen molar-refractivity contribution in [1.82, 2.24) is 5.32 Å². The molecular weight excluding hydrogens is 326 g/mol. The molecule has 1 aliphatic rings. The Labute approximate surface area is 153 Å². The topological polar surface area (TPSA) is 70.6 Å². The number of fused-ring (bicyclic) bond motifs is 1. The molecule has 5 nitrogen and oxygen atoms in total. The SMILES string of the molecule is CC(=O)c1ccc(C(=O)NC(C)C2C=Nc3cc(C)ccc3N2)cc1C. The van der Waals surface area contributed by atoms with E-state index in [-0.39, 0.29) is 23.8 Å². The summed E-state index contributed by atoms with van der Waals surface area (Å²) in [5.41, 5.74) is 5.03. The zero-order chi connectivity index (χ0) is 18.8. The average Bonchev–Trinajstić information content (AvgIpc) is 2.60. The van der Waals surface area contributed by atoms with Gasteiger partial charge in [-0.1, -0.05) is 12.1 Å². The van der Waals surface area contributed by atoms with E-state index in [1.165, 1.54) is 6.92 Å². The molecule has 1 aliphatic heterocycles. The Hall–Kier alpha value is -2.95. The molecule has 2 N–H and O–H groups in total. The standard InChI is InChI=1S/C21H23N3O2/c1-12-5-8-18-19(9-12)22-11-20(24-18)14(3)23-21(26)16-6-7-17(15(4)25)13(2)10-16/h5-11,14,20,24H,1-4H3,(H,23,26). The van der Waals surface area contributed by atoms with E-state index in [0.29, 0.717) is 11.1 Å². The Morgan fingerprint density at radius 1 is 1.15 bits per heavy atom. The molecule has 26 heavy (non-hydrogen) atoms. The van der Waals surface area contributed by atoms with Gasteiger partial charge in [0.25, 0.3) is 5.91 Å². The van der Waals surface area contributed by atoms with Crippen molar-refractivity contribution in [2.45, 2.75) is 39.8 Å². The molecule has 1 heterocycles. The van der Waals surface area contributed by atoms with Crippen LogP contribution in [-0.2, 0) is 0 Å². The highest BCUT2D eigenvalue weighted by atomic mass is 16.1. The van der Waals surface area contributed by atoms with E-state index >= 15 is 0 Å². The molecule has 1 amide bonds. The molecule has 2 aromatic rings. The molecule has 5 heteroatoms. The molecule has 0 spiro atoms. The number of nitrogens with one attached hydrogen (secondary N) is 2. The number of benzene rings is 2. The van der Waals surface area contributed by atoms with Crippen molar-refractivity contribution >= 4 is 29.3 Å². The minimum atomic E-state index is -0.166. The van der Waals surface area contributed by atoms with Crippen LogP contribution in [0, 0.1) is 13.8 Å². The third-order valence-electron chi connectivity index (χ3n) is 4.61. The van der Waals surface area contributed by atoms with E-state index in [4.69, 9.17) is 0 Å². The molecule has 0 saturated carbocycles. The minimum absolute atomic E-state index is 0.000606. The van der Waals surface area contributed by atoms with E-state index in [2.05, 4.69) is 15.6 Å². The number of amides is 1. The fraction of sp³-hybridized carbons (Fsp3) is 0.286. The Morgan fingerprint density at radius 3 is 2.62 bits per heavy atom. The number of aryl methyl sites for hydroxylation is 2. The van der Waals surface area contributed by atoms with Gasteiger partial charge in [-0.05, 0) is 63.1 Å². The van der Waals surface area contributed by atoms with Crippen molar-refractivity contribution in [3.05, 3.63) is 58.7 Å². The maximum absolute atomic E-state index is 12.6. The highest BCUT2D eigenvalue weighted by molar-refractivity contribution is 5.99. The molecule has 3 rings (SSSR count). The highest BCUT2D eigenvalue weighted by Crippen LogP contribution is 2.29. The van der Waals surface area contributed by atoms with Gasteiger partial charge in [-0.15, -0.1) is 0 Å². The van der Waals surface area contributed by atoms with Crippen LogP contribution in [0.4, 0.5) is 11.4 Å². The van der Waals surface area contributed by atoms with E-state index in [0.717, 1.165) is 22.5 Å². The zero-order valence-corrected chi connectivity index (χ0v) is 15.5. The second-order valence-corrected chi connectivity index (χ2v) is 6.82. The lowest BCUT2D eigenvalue weighted by Gasteiger charge is -2.27. The summed E-state index contributed by atoms with van der Waals surface area (Å²) in [6, 6.07) is 11.0. The number of aliphatic imine (C=N–C) groups is 1. The number of carbonyl (C=O) groups is 2. The Bertz CT molecular complexity index is 902. The van der Waals surface area contributed by atoms with Crippen LogP contribution in [0.25, 0.3) is 0 Å². The van der Waals surface area contributed by atoms with Gasteiger partial charge < -0.3 is 10.6 Å². The third-order valence-corrected chi connectivity index (χ3v) is 4.61. The first-order chi connectivity index (χ1) is 12.3. The molecule has 0 aliphatic carbocycles. The summed E-state index contributed by atoms with van der Waals surface area (Å²) in [6.45, 7) is 7.34. The van der Waals surface area contributed by atoms with Gasteiger partial charge >= 0.3 is 0 Å². The summed E-state index contributed by atoms with van der Waals surface area (Å²) < 4.78 is 0. The normalized spacial score (nSPS) is 16.4. The maximum atomic E-state index is 12.6. The van der Waals surface area contributed by atoms with Crippen molar-refractivity contribution in [2.24, 2.45) is 4.99 Å². The van der Waals surface area contributed by atoms with E-state index in [9.17, 15) is 9.59 Å². The van der Waals surface area contributed by atoms with Gasteiger partial charge in [-0.2, -0.15) is 0 Å². The van der Waals surface area contributed by atoms with Crippen LogP contribution in [0.1, 0.15) is 45.7 Å². The lowest BCUT2D eigenvalue weighted by Crippen LogP contribution is -2.46. The largest absolute Gasteiger partial charge is 0.374 e. The summed E-state index contributed by atoms with van der Waals surface area (Å²) in [5.74, 6) is -0.167. The van der Waals surface area contributed by atoms with Crippen molar-refractivity contribution in [2.75, 3.05) is 5.32 Å². The summed E-state index contributed by atoms with van der Waals surface area (Å²) >= 11 is 0. The molecule has 0 aromatic heterocycles. The number of ketones is 1. The predicted molar refractivity (Wildman–Crippen MR) is 105 cm³/mol. The lowest BCUT2D eigenvalue weighted by molar-refractivity contribution is 0.0937. The number of Topliss-reactive ketones (excluding diaryl/α,β-unsaturated/α-hetero) is 1. The van der Waals surface area contributed by atoms with Gasteiger partial charge in [-0.3, -0.25) is 14.6 Å². The molecular formula is C21H23N3O2. The molecule has 2 aromatic carbocycles. The van der Waals surface area contributed by atoms with Crippen molar-refractivity contribution in [3.63, 3.8) is 0 Å². The number of hydrogen-bond donors (Lipinski definition) is 2. The van der Waals surface area contributed by atoms with E-state index in [1.807, 2.05) is 45.2 Å². The molecule has 0 bridgehead atoms. The average molecular weight is 349 g/mol. The van der Waals surface area contributed by atoms with Gasteiger partial charge in [0, 0.05) is 17.3 Å². The fourth-order valence-electron chi connectivity index (χ4n) is 3.08. The van der Waals surface area contributed by atoms with Crippen LogP contribution in [0.3, 0.4) is 0 Å². The number of anilines is 1. The van der Waals surface area contributed by atoms with E-state index < -0.39 is 0 Å². The first kappa shape index (κ1) is 17.9. The third kappa shape index (κ3) is 3.67. The Morgan fingerprint density at radius 2 is 1.92 bits per heavy atom. The van der Waals surface area contributed by atoms with Gasteiger partial charge in [0.1, 0.15) is 0 Å². The Balaban J connectivity index is 1.70. The molecule has 0 radical (unpaired) electrons. The molecule has 0 fully saturated rings. The minimum Gasteiger partial charge on any atom is -0.374 e. The zero-order valence-electron chi connectivity index (χ0n) is 15.5. The highest BCUT2D eigenvalue weighted by Gasteiger charge is 2.22. The number of hydrogen-bond acceptors (Lipinski definition) is 4. The smallest absolute Gasteiger partial charge is 0.251 e. The predicted octanol–water partition coefficient (Wildman–Crippen LogP) is 3.82. The summed E-state index contributed by atoms with van der Waals surface area (Å²) in [6.07, 6.45) is 1.83. The van der Waals surface area contributed by atoms with Crippen molar-refractivity contribution < 1.29 is 9.59 Å². The van der Waals surface area contributed by atoms with Crippen LogP contribution in [0.5, 0.6) is 0 Å². The van der Waals surface area contributed by atoms with Crippen LogP contribution in [-0.4, -0.2) is 30.0 Å². The summed E-state index contributed by atoms with van der Waals surface area (Å²) in [7, 11) is 0. The van der Waals surface area contributed by atoms with Crippen molar-refractivity contribution in [1.29, 1.82) is 0 Å². The lowest BCUT2D eigenvalue weighted by atomic mass is 10.0. The molecule has 2 atom stereocenters. The number of rotatable bonds is 4. The van der Waals surface area contributed by atoms with Crippen LogP contribution < -0.4 is 10.6 Å².